The Bertz CT molecular complexity index is 297. The zero-order chi connectivity index (χ0) is 10.2. The lowest BCUT2D eigenvalue weighted by Gasteiger charge is -2.02. The molecule has 0 unspecified atom stereocenters. The summed E-state index contributed by atoms with van der Waals surface area (Å²) < 4.78 is 0. The largest absolute Gasteiger partial charge is 0.316 e. The fourth-order valence-corrected chi connectivity index (χ4v) is 1.92. The molecule has 0 aliphatic heterocycles. The van der Waals surface area contributed by atoms with Crippen LogP contribution >= 0.6 is 11.8 Å². The van der Waals surface area contributed by atoms with Crippen molar-refractivity contribution in [1.82, 2.24) is 5.32 Å². The Balaban J connectivity index is 2.43. The van der Waals surface area contributed by atoms with Crippen molar-refractivity contribution in [3.05, 3.63) is 29.8 Å². The second-order valence-electron chi connectivity index (χ2n) is 2.98. The highest BCUT2D eigenvalue weighted by atomic mass is 32.2. The molecular weight excluding hydrogens is 190 g/mol. The highest BCUT2D eigenvalue weighted by molar-refractivity contribution is 7.99. The Labute approximate surface area is 90.3 Å². The number of terminal acetylenes is 1. The SMILES string of the molecule is C#CCCSc1ccc(CNC)cc1. The molecule has 14 heavy (non-hydrogen) atoms. The van der Waals surface area contributed by atoms with Crippen molar-refractivity contribution in [2.24, 2.45) is 0 Å². The molecule has 1 N–H and O–H groups in total. The number of benzene rings is 1. The van der Waals surface area contributed by atoms with Gasteiger partial charge in [0.05, 0.1) is 0 Å². The third-order valence-electron chi connectivity index (χ3n) is 1.82. The van der Waals surface area contributed by atoms with Crippen LogP contribution in [0, 0.1) is 12.3 Å². The summed E-state index contributed by atoms with van der Waals surface area (Å²) in [4.78, 5) is 1.29. The Morgan fingerprint density at radius 1 is 1.36 bits per heavy atom. The van der Waals surface area contributed by atoms with Crippen LogP contribution in [0.2, 0.25) is 0 Å². The van der Waals surface area contributed by atoms with E-state index in [9.17, 15) is 0 Å². The molecule has 74 valence electrons. The summed E-state index contributed by atoms with van der Waals surface area (Å²) in [5, 5.41) is 3.12. The van der Waals surface area contributed by atoms with Crippen LogP contribution in [0.5, 0.6) is 0 Å². The molecule has 0 amide bonds. The van der Waals surface area contributed by atoms with Crippen molar-refractivity contribution in [3.8, 4) is 12.3 Å². The summed E-state index contributed by atoms with van der Waals surface area (Å²) in [6, 6.07) is 8.59. The lowest BCUT2D eigenvalue weighted by molar-refractivity contribution is 0.817. The standard InChI is InChI=1S/C12H15NS/c1-3-4-9-14-12-7-5-11(6-8-12)10-13-2/h1,5-8,13H,4,9-10H2,2H3. The van der Waals surface area contributed by atoms with Crippen molar-refractivity contribution in [3.63, 3.8) is 0 Å². The zero-order valence-electron chi connectivity index (χ0n) is 8.42. The van der Waals surface area contributed by atoms with Gasteiger partial charge in [-0.2, -0.15) is 0 Å². The van der Waals surface area contributed by atoms with Crippen molar-refractivity contribution in [1.29, 1.82) is 0 Å². The van der Waals surface area contributed by atoms with E-state index >= 15 is 0 Å². The minimum atomic E-state index is 0.836. The number of rotatable bonds is 5. The van der Waals surface area contributed by atoms with Gasteiger partial charge in [0.25, 0.3) is 0 Å². The second-order valence-corrected chi connectivity index (χ2v) is 4.15. The van der Waals surface area contributed by atoms with E-state index in [1.165, 1.54) is 10.5 Å². The normalized spacial score (nSPS) is 9.71. The van der Waals surface area contributed by atoms with Gasteiger partial charge in [-0.25, -0.2) is 0 Å². The molecule has 0 spiro atoms. The van der Waals surface area contributed by atoms with Crippen LogP contribution < -0.4 is 5.32 Å². The number of thioether (sulfide) groups is 1. The third-order valence-corrected chi connectivity index (χ3v) is 2.83. The Morgan fingerprint density at radius 2 is 2.07 bits per heavy atom. The number of nitrogens with one attached hydrogen (secondary N) is 1. The predicted molar refractivity (Wildman–Crippen MR) is 63.4 cm³/mol. The van der Waals surface area contributed by atoms with Crippen LogP contribution in [0.3, 0.4) is 0 Å². The summed E-state index contributed by atoms with van der Waals surface area (Å²) in [5.74, 6) is 3.64. The fourth-order valence-electron chi connectivity index (χ4n) is 1.14. The quantitative estimate of drug-likeness (QED) is 0.450. The number of hydrogen-bond donors (Lipinski definition) is 1. The third kappa shape index (κ3) is 3.87. The molecular formula is C12H15NS. The van der Waals surface area contributed by atoms with Gasteiger partial charge in [-0.1, -0.05) is 12.1 Å². The minimum Gasteiger partial charge on any atom is -0.316 e. The summed E-state index contributed by atoms with van der Waals surface area (Å²) in [6.07, 6.45) is 6.02. The molecule has 0 heterocycles. The van der Waals surface area contributed by atoms with E-state index in [1.807, 2.05) is 18.8 Å². The minimum absolute atomic E-state index is 0.836. The van der Waals surface area contributed by atoms with Crippen LogP contribution in [0.1, 0.15) is 12.0 Å². The van der Waals surface area contributed by atoms with E-state index in [0.717, 1.165) is 18.7 Å². The number of hydrogen-bond acceptors (Lipinski definition) is 2. The molecule has 0 bridgehead atoms. The molecule has 1 aromatic carbocycles. The van der Waals surface area contributed by atoms with Crippen LogP contribution in [0.4, 0.5) is 0 Å². The molecule has 1 aromatic rings. The van der Waals surface area contributed by atoms with Gasteiger partial charge in [0.1, 0.15) is 0 Å². The van der Waals surface area contributed by atoms with Crippen molar-refractivity contribution in [2.45, 2.75) is 17.9 Å². The maximum Gasteiger partial charge on any atom is 0.0202 e. The molecule has 0 fully saturated rings. The summed E-state index contributed by atoms with van der Waals surface area (Å²) in [6.45, 7) is 0.926. The van der Waals surface area contributed by atoms with Crippen LogP contribution in [0.15, 0.2) is 29.2 Å². The molecule has 0 aliphatic rings. The van der Waals surface area contributed by atoms with E-state index in [-0.39, 0.29) is 0 Å². The van der Waals surface area contributed by atoms with Gasteiger partial charge in [0.2, 0.25) is 0 Å². The molecule has 0 aromatic heterocycles. The molecule has 0 saturated heterocycles. The topological polar surface area (TPSA) is 12.0 Å². The predicted octanol–water partition coefficient (Wildman–Crippen LogP) is 2.52. The highest BCUT2D eigenvalue weighted by Crippen LogP contribution is 2.18. The smallest absolute Gasteiger partial charge is 0.0202 e. The van der Waals surface area contributed by atoms with E-state index in [1.54, 1.807) is 0 Å². The lowest BCUT2D eigenvalue weighted by atomic mass is 10.2. The first-order chi connectivity index (χ1) is 6.86. The zero-order valence-corrected chi connectivity index (χ0v) is 9.23. The molecule has 1 nitrogen and oxygen atoms in total. The van der Waals surface area contributed by atoms with Crippen molar-refractivity contribution >= 4 is 11.8 Å². The van der Waals surface area contributed by atoms with Gasteiger partial charge in [0.15, 0.2) is 0 Å². The Hall–Kier alpha value is -0.910. The van der Waals surface area contributed by atoms with Crippen LogP contribution in [-0.4, -0.2) is 12.8 Å². The van der Waals surface area contributed by atoms with Crippen molar-refractivity contribution in [2.75, 3.05) is 12.8 Å². The molecule has 0 saturated carbocycles. The average Bonchev–Trinajstić information content (AvgIpc) is 2.21. The Morgan fingerprint density at radius 3 is 2.64 bits per heavy atom. The van der Waals surface area contributed by atoms with E-state index in [4.69, 9.17) is 6.42 Å². The monoisotopic (exact) mass is 205 g/mol. The van der Waals surface area contributed by atoms with Gasteiger partial charge in [0, 0.05) is 23.6 Å². The molecule has 0 atom stereocenters. The van der Waals surface area contributed by atoms with Crippen LogP contribution in [-0.2, 0) is 6.54 Å². The van der Waals surface area contributed by atoms with Gasteiger partial charge < -0.3 is 5.32 Å². The summed E-state index contributed by atoms with van der Waals surface area (Å²) >= 11 is 1.81. The van der Waals surface area contributed by atoms with Gasteiger partial charge in [-0.15, -0.1) is 24.1 Å². The first-order valence-corrected chi connectivity index (χ1v) is 5.65. The van der Waals surface area contributed by atoms with Gasteiger partial charge >= 0.3 is 0 Å². The molecule has 1 rings (SSSR count). The van der Waals surface area contributed by atoms with Gasteiger partial charge in [-0.3, -0.25) is 0 Å². The fraction of sp³-hybridized carbons (Fsp3) is 0.333. The molecule has 0 radical (unpaired) electrons. The maximum absolute atomic E-state index is 5.18. The van der Waals surface area contributed by atoms with Gasteiger partial charge in [-0.05, 0) is 24.7 Å². The first-order valence-electron chi connectivity index (χ1n) is 4.66. The first kappa shape index (κ1) is 11.2. The lowest BCUT2D eigenvalue weighted by Crippen LogP contribution is -2.04. The van der Waals surface area contributed by atoms with E-state index in [2.05, 4.69) is 35.5 Å². The molecule has 0 aliphatic carbocycles. The summed E-state index contributed by atoms with van der Waals surface area (Å²) in [5.41, 5.74) is 1.31. The van der Waals surface area contributed by atoms with Crippen molar-refractivity contribution < 1.29 is 0 Å². The average molecular weight is 205 g/mol. The Kier molecular flexibility index (Phi) is 5.21. The van der Waals surface area contributed by atoms with Crippen LogP contribution in [0.25, 0.3) is 0 Å². The maximum atomic E-state index is 5.18. The van der Waals surface area contributed by atoms with E-state index in [0.29, 0.717) is 0 Å². The summed E-state index contributed by atoms with van der Waals surface area (Å²) in [7, 11) is 1.95. The highest BCUT2D eigenvalue weighted by Gasteiger charge is 1.94. The second kappa shape index (κ2) is 6.53. The molecule has 2 heteroatoms. The van der Waals surface area contributed by atoms with E-state index < -0.39 is 0 Å².